The Morgan fingerprint density at radius 3 is 2.91 bits per heavy atom. The van der Waals surface area contributed by atoms with Crippen molar-refractivity contribution in [3.8, 4) is 6.07 Å². The van der Waals surface area contributed by atoms with Crippen molar-refractivity contribution in [2.45, 2.75) is 13.0 Å². The summed E-state index contributed by atoms with van der Waals surface area (Å²) in [7, 11) is 0. The summed E-state index contributed by atoms with van der Waals surface area (Å²) >= 11 is 3.21. The van der Waals surface area contributed by atoms with Gasteiger partial charge in [0.15, 0.2) is 6.61 Å². The third-order valence-corrected chi connectivity index (χ3v) is 3.43. The average Bonchev–Trinajstić information content (AvgIpc) is 3.20. The average molecular weight is 380 g/mol. The molecule has 0 spiro atoms. The Bertz CT molecular complexity index is 703. The first-order valence-electron chi connectivity index (χ1n) is 6.78. The molecule has 8 heteroatoms. The molecule has 0 atom stereocenters. The maximum atomic E-state index is 12.2. The molecule has 0 saturated heterocycles. The smallest absolute Gasteiger partial charge is 0.355 e. The number of ether oxygens (including phenoxy) is 1. The Balaban J connectivity index is 1.91. The normalized spacial score (nSPS) is 10.1. The highest BCUT2D eigenvalue weighted by Crippen LogP contribution is 2.12. The molecular weight excluding hydrogens is 366 g/mol. The lowest BCUT2D eigenvalue weighted by molar-refractivity contribution is -0.135. The summed E-state index contributed by atoms with van der Waals surface area (Å²) in [5.74, 6) is -0.422. The number of aromatic nitrogens is 1. The number of esters is 1. The summed E-state index contributed by atoms with van der Waals surface area (Å²) in [4.78, 5) is 28.1. The van der Waals surface area contributed by atoms with E-state index in [-0.39, 0.29) is 25.2 Å². The van der Waals surface area contributed by atoms with E-state index in [1.165, 1.54) is 11.2 Å². The first-order chi connectivity index (χ1) is 11.1. The van der Waals surface area contributed by atoms with Crippen molar-refractivity contribution in [1.82, 2.24) is 9.88 Å². The van der Waals surface area contributed by atoms with Gasteiger partial charge in [-0.05, 0) is 34.1 Å². The Hall–Kier alpha value is -2.53. The highest BCUT2D eigenvalue weighted by atomic mass is 79.9. The van der Waals surface area contributed by atoms with Gasteiger partial charge < -0.3 is 19.0 Å². The number of halogens is 1. The van der Waals surface area contributed by atoms with E-state index < -0.39 is 18.5 Å². The van der Waals surface area contributed by atoms with Gasteiger partial charge in [-0.1, -0.05) is 0 Å². The molecule has 2 heterocycles. The second-order valence-corrected chi connectivity index (χ2v) is 5.53. The van der Waals surface area contributed by atoms with Gasteiger partial charge in [0.2, 0.25) is 0 Å². The summed E-state index contributed by atoms with van der Waals surface area (Å²) in [5.41, 5.74) is 0.249. The number of nitrogens with one attached hydrogen (secondary N) is 1. The molecule has 0 aliphatic rings. The van der Waals surface area contributed by atoms with Crippen LogP contribution in [0.25, 0.3) is 0 Å². The van der Waals surface area contributed by atoms with Gasteiger partial charge in [0.1, 0.15) is 11.5 Å². The van der Waals surface area contributed by atoms with Crippen molar-refractivity contribution in [2.24, 2.45) is 0 Å². The number of furan rings is 1. The van der Waals surface area contributed by atoms with Crippen LogP contribution in [0.1, 0.15) is 22.7 Å². The standard InChI is InChI=1S/C15H14BrN3O4/c16-11-7-13(18-8-11)15(21)23-10-14(20)19(5-2-4-17)9-12-3-1-6-22-12/h1,3,6-8,18H,2,5,9-10H2. The van der Waals surface area contributed by atoms with E-state index in [0.717, 1.165) is 0 Å². The largest absolute Gasteiger partial charge is 0.467 e. The van der Waals surface area contributed by atoms with Crippen LogP contribution in [-0.4, -0.2) is 34.9 Å². The molecule has 0 radical (unpaired) electrons. The number of amides is 1. The Labute approximate surface area is 141 Å². The summed E-state index contributed by atoms with van der Waals surface area (Å²) in [6.45, 7) is 0.0579. The van der Waals surface area contributed by atoms with Crippen molar-refractivity contribution < 1.29 is 18.7 Å². The predicted octanol–water partition coefficient (Wildman–Crippen LogP) is 2.47. The van der Waals surface area contributed by atoms with Gasteiger partial charge in [-0.3, -0.25) is 4.79 Å². The second-order valence-electron chi connectivity index (χ2n) is 4.61. The zero-order chi connectivity index (χ0) is 16.7. The monoisotopic (exact) mass is 379 g/mol. The number of hydrogen-bond donors (Lipinski definition) is 1. The van der Waals surface area contributed by atoms with Crippen LogP contribution < -0.4 is 0 Å². The zero-order valence-corrected chi connectivity index (χ0v) is 13.7. The van der Waals surface area contributed by atoms with E-state index in [1.807, 2.05) is 6.07 Å². The van der Waals surface area contributed by atoms with Gasteiger partial charge >= 0.3 is 5.97 Å². The lowest BCUT2D eigenvalue weighted by Crippen LogP contribution is -2.35. The fraction of sp³-hybridized carbons (Fsp3) is 0.267. The minimum atomic E-state index is -0.623. The molecule has 0 unspecified atom stereocenters. The van der Waals surface area contributed by atoms with Gasteiger partial charge in [-0.25, -0.2) is 4.79 Å². The molecule has 2 aromatic heterocycles. The molecule has 0 aliphatic heterocycles. The molecule has 0 saturated carbocycles. The van der Waals surface area contributed by atoms with Crippen LogP contribution in [0.15, 0.2) is 39.5 Å². The molecule has 23 heavy (non-hydrogen) atoms. The fourth-order valence-corrected chi connectivity index (χ4v) is 2.19. The van der Waals surface area contributed by atoms with Crippen LogP contribution in [0.3, 0.4) is 0 Å². The first-order valence-corrected chi connectivity index (χ1v) is 7.57. The third kappa shape index (κ3) is 5.00. The minimum absolute atomic E-state index is 0.184. The SMILES string of the molecule is N#CCCN(Cc1ccco1)C(=O)COC(=O)c1cc(Br)c[nH]1. The molecule has 0 aromatic carbocycles. The summed E-state index contributed by atoms with van der Waals surface area (Å²) < 4.78 is 10.9. The van der Waals surface area contributed by atoms with E-state index in [0.29, 0.717) is 10.2 Å². The van der Waals surface area contributed by atoms with Crippen molar-refractivity contribution in [1.29, 1.82) is 5.26 Å². The molecule has 1 amide bonds. The second kappa shape index (κ2) is 8.19. The van der Waals surface area contributed by atoms with Crippen molar-refractivity contribution >= 4 is 27.8 Å². The third-order valence-electron chi connectivity index (χ3n) is 2.97. The highest BCUT2D eigenvalue weighted by Gasteiger charge is 2.18. The number of carbonyl (C=O) groups excluding carboxylic acids is 2. The number of H-pyrrole nitrogens is 1. The number of rotatable bonds is 7. The van der Waals surface area contributed by atoms with Crippen molar-refractivity contribution in [2.75, 3.05) is 13.2 Å². The number of carbonyl (C=O) groups is 2. The Kier molecular flexibility index (Phi) is 6.00. The molecule has 120 valence electrons. The first kappa shape index (κ1) is 16.8. The minimum Gasteiger partial charge on any atom is -0.467 e. The molecular formula is C15H14BrN3O4. The summed E-state index contributed by atoms with van der Waals surface area (Å²) in [6.07, 6.45) is 3.28. The lowest BCUT2D eigenvalue weighted by Gasteiger charge is -2.20. The zero-order valence-electron chi connectivity index (χ0n) is 12.1. The van der Waals surface area contributed by atoms with Crippen molar-refractivity contribution in [3.63, 3.8) is 0 Å². The molecule has 0 bridgehead atoms. The van der Waals surface area contributed by atoms with E-state index in [2.05, 4.69) is 20.9 Å². The van der Waals surface area contributed by atoms with Gasteiger partial charge in [0.25, 0.3) is 5.91 Å². The van der Waals surface area contributed by atoms with Gasteiger partial charge in [0.05, 0.1) is 25.3 Å². The number of nitrogens with zero attached hydrogens (tertiary/aromatic N) is 2. The molecule has 7 nitrogen and oxygen atoms in total. The van der Waals surface area contributed by atoms with Crippen molar-refractivity contribution in [3.05, 3.63) is 46.6 Å². The highest BCUT2D eigenvalue weighted by molar-refractivity contribution is 9.10. The Morgan fingerprint density at radius 2 is 2.30 bits per heavy atom. The van der Waals surface area contributed by atoms with Gasteiger partial charge in [0, 0.05) is 17.2 Å². The summed E-state index contributed by atoms with van der Waals surface area (Å²) in [6, 6.07) is 6.99. The van der Waals surface area contributed by atoms with Crippen LogP contribution in [0.5, 0.6) is 0 Å². The maximum absolute atomic E-state index is 12.2. The number of nitriles is 1. The predicted molar refractivity (Wildman–Crippen MR) is 83.1 cm³/mol. The van der Waals surface area contributed by atoms with Crippen LogP contribution in [0.4, 0.5) is 0 Å². The summed E-state index contributed by atoms with van der Waals surface area (Å²) in [5, 5.41) is 8.69. The number of hydrogen-bond acceptors (Lipinski definition) is 5. The van der Waals surface area contributed by atoms with E-state index in [4.69, 9.17) is 14.4 Å². The quantitative estimate of drug-likeness (QED) is 0.744. The lowest BCUT2D eigenvalue weighted by atomic mass is 10.3. The fourth-order valence-electron chi connectivity index (χ4n) is 1.85. The van der Waals surface area contributed by atoms with Crippen LogP contribution >= 0.6 is 15.9 Å². The van der Waals surface area contributed by atoms with E-state index >= 15 is 0 Å². The van der Waals surface area contributed by atoms with Gasteiger partial charge in [-0.15, -0.1) is 0 Å². The molecule has 0 fully saturated rings. The van der Waals surface area contributed by atoms with Crippen LogP contribution in [0.2, 0.25) is 0 Å². The maximum Gasteiger partial charge on any atom is 0.355 e. The van der Waals surface area contributed by atoms with E-state index in [9.17, 15) is 9.59 Å². The molecule has 2 aromatic rings. The topological polar surface area (TPSA) is 99.3 Å². The molecule has 0 aliphatic carbocycles. The molecule has 1 N–H and O–H groups in total. The van der Waals surface area contributed by atoms with E-state index in [1.54, 1.807) is 24.4 Å². The van der Waals surface area contributed by atoms with Crippen LogP contribution in [-0.2, 0) is 16.1 Å². The molecule has 2 rings (SSSR count). The van der Waals surface area contributed by atoms with Crippen LogP contribution in [0, 0.1) is 11.3 Å². The Morgan fingerprint density at radius 1 is 1.48 bits per heavy atom. The van der Waals surface area contributed by atoms with Gasteiger partial charge in [-0.2, -0.15) is 5.26 Å². The number of aromatic amines is 1.